The fourth-order valence-corrected chi connectivity index (χ4v) is 3.36. The number of amides is 1. The van der Waals surface area contributed by atoms with E-state index in [0.29, 0.717) is 11.7 Å². The molecule has 1 aromatic heterocycles. The van der Waals surface area contributed by atoms with Crippen LogP contribution in [0.25, 0.3) is 5.69 Å². The number of nitrogens with zero attached hydrogens (tertiary/aromatic N) is 2. The van der Waals surface area contributed by atoms with Crippen LogP contribution in [0, 0.1) is 19.8 Å². The molecule has 0 aliphatic carbocycles. The molecule has 2 aromatic carbocycles. The van der Waals surface area contributed by atoms with Gasteiger partial charge in [0, 0.05) is 12.1 Å². The van der Waals surface area contributed by atoms with Gasteiger partial charge in [0.15, 0.2) is 0 Å². The first-order valence-corrected chi connectivity index (χ1v) is 9.66. The molecule has 146 valence electrons. The molecule has 3 rings (SSSR count). The largest absolute Gasteiger partial charge is 0.309 e. The minimum absolute atomic E-state index is 0.0867. The van der Waals surface area contributed by atoms with Gasteiger partial charge in [-0.15, -0.1) is 0 Å². The van der Waals surface area contributed by atoms with E-state index in [1.54, 1.807) is 4.68 Å². The molecular weight excluding hydrogens is 348 g/mol. The molecule has 0 radical (unpaired) electrons. The van der Waals surface area contributed by atoms with E-state index in [1.165, 1.54) is 5.56 Å². The molecule has 3 aromatic rings. The van der Waals surface area contributed by atoms with Crippen LogP contribution in [0.4, 0.5) is 5.82 Å². The second-order valence-corrected chi connectivity index (χ2v) is 7.43. The predicted molar refractivity (Wildman–Crippen MR) is 114 cm³/mol. The Morgan fingerprint density at radius 2 is 1.71 bits per heavy atom. The Kier molecular flexibility index (Phi) is 6.26. The summed E-state index contributed by atoms with van der Waals surface area (Å²) < 4.78 is 1.79. The zero-order chi connectivity index (χ0) is 20.1. The molecule has 5 nitrogen and oxygen atoms in total. The number of carbonyl (C=O) groups is 1. The van der Waals surface area contributed by atoms with Crippen LogP contribution in [-0.2, 0) is 4.79 Å². The van der Waals surface area contributed by atoms with Crippen molar-refractivity contribution >= 4 is 11.7 Å². The van der Waals surface area contributed by atoms with Gasteiger partial charge in [0.25, 0.3) is 0 Å². The van der Waals surface area contributed by atoms with Crippen LogP contribution in [-0.4, -0.2) is 22.2 Å². The summed E-state index contributed by atoms with van der Waals surface area (Å²) in [5.41, 5.74) is 4.10. The third kappa shape index (κ3) is 4.67. The van der Waals surface area contributed by atoms with Gasteiger partial charge in [-0.2, -0.15) is 5.10 Å². The lowest BCUT2D eigenvalue weighted by molar-refractivity contribution is -0.115. The van der Waals surface area contributed by atoms with Crippen molar-refractivity contribution in [1.29, 1.82) is 0 Å². The van der Waals surface area contributed by atoms with E-state index < -0.39 is 0 Å². The van der Waals surface area contributed by atoms with Gasteiger partial charge in [-0.05, 0) is 37.0 Å². The van der Waals surface area contributed by atoms with E-state index in [2.05, 4.69) is 41.7 Å². The van der Waals surface area contributed by atoms with Crippen molar-refractivity contribution in [2.45, 2.75) is 33.7 Å². The number of para-hydroxylation sites is 1. The van der Waals surface area contributed by atoms with Crippen LogP contribution < -0.4 is 10.6 Å². The zero-order valence-corrected chi connectivity index (χ0v) is 16.9. The second kappa shape index (κ2) is 8.85. The molecule has 1 amide bonds. The van der Waals surface area contributed by atoms with Crippen molar-refractivity contribution in [3.63, 3.8) is 0 Å². The highest BCUT2D eigenvalue weighted by Gasteiger charge is 2.17. The summed E-state index contributed by atoms with van der Waals surface area (Å²) in [6, 6.07) is 20.2. The smallest absolute Gasteiger partial charge is 0.239 e. The highest BCUT2D eigenvalue weighted by molar-refractivity contribution is 5.91. The zero-order valence-electron chi connectivity index (χ0n) is 16.9. The number of hydrogen-bond donors (Lipinski definition) is 2. The summed E-state index contributed by atoms with van der Waals surface area (Å²) in [6.07, 6.45) is 0. The first-order chi connectivity index (χ1) is 13.5. The van der Waals surface area contributed by atoms with Gasteiger partial charge in [-0.1, -0.05) is 62.4 Å². The molecular formula is C23H28N4O. The van der Waals surface area contributed by atoms with Gasteiger partial charge in [-0.3, -0.25) is 4.79 Å². The lowest BCUT2D eigenvalue weighted by Crippen LogP contribution is -2.34. The highest BCUT2D eigenvalue weighted by Crippen LogP contribution is 2.22. The maximum atomic E-state index is 12.6. The first-order valence-electron chi connectivity index (χ1n) is 9.66. The Morgan fingerprint density at radius 3 is 2.39 bits per heavy atom. The van der Waals surface area contributed by atoms with Gasteiger partial charge in [0.1, 0.15) is 5.82 Å². The van der Waals surface area contributed by atoms with Crippen LogP contribution in [0.5, 0.6) is 0 Å². The topological polar surface area (TPSA) is 59.0 Å². The molecule has 0 saturated heterocycles. The van der Waals surface area contributed by atoms with Crippen molar-refractivity contribution in [3.8, 4) is 5.69 Å². The van der Waals surface area contributed by atoms with E-state index in [-0.39, 0.29) is 18.5 Å². The normalized spacial score (nSPS) is 12.2. The van der Waals surface area contributed by atoms with E-state index in [0.717, 1.165) is 16.9 Å². The number of rotatable bonds is 7. The predicted octanol–water partition coefficient (Wildman–Crippen LogP) is 4.41. The van der Waals surface area contributed by atoms with Gasteiger partial charge in [-0.25, -0.2) is 4.68 Å². The van der Waals surface area contributed by atoms with E-state index >= 15 is 0 Å². The summed E-state index contributed by atoms with van der Waals surface area (Å²) in [7, 11) is 0. The number of benzene rings is 2. The number of aromatic nitrogens is 2. The minimum atomic E-state index is -0.0867. The van der Waals surface area contributed by atoms with Crippen molar-refractivity contribution in [2.24, 2.45) is 5.92 Å². The standard InChI is InChI=1S/C23H28N4O/c1-16(2)23(19-11-6-5-7-12-19)24-15-22(28)25-21-14-18(4)26-27(21)20-13-9-8-10-17(20)3/h5-14,16,23-24H,15H2,1-4H3,(H,25,28). The van der Waals surface area contributed by atoms with E-state index in [9.17, 15) is 4.79 Å². The maximum Gasteiger partial charge on any atom is 0.239 e. The Hall–Kier alpha value is -2.92. The number of anilines is 1. The van der Waals surface area contributed by atoms with Crippen LogP contribution >= 0.6 is 0 Å². The summed E-state index contributed by atoms with van der Waals surface area (Å²) in [5.74, 6) is 0.964. The molecule has 0 spiro atoms. The highest BCUT2D eigenvalue weighted by atomic mass is 16.2. The quantitative estimate of drug-likeness (QED) is 0.642. The van der Waals surface area contributed by atoms with Crippen LogP contribution in [0.2, 0.25) is 0 Å². The molecule has 0 bridgehead atoms. The van der Waals surface area contributed by atoms with E-state index in [4.69, 9.17) is 0 Å². The molecule has 0 aliphatic heterocycles. The van der Waals surface area contributed by atoms with Gasteiger partial charge < -0.3 is 10.6 Å². The lowest BCUT2D eigenvalue weighted by Gasteiger charge is -2.22. The van der Waals surface area contributed by atoms with E-state index in [1.807, 2.05) is 62.4 Å². The van der Waals surface area contributed by atoms with Gasteiger partial charge in [0.2, 0.25) is 5.91 Å². The lowest BCUT2D eigenvalue weighted by atomic mass is 9.96. The fraction of sp³-hybridized carbons (Fsp3) is 0.304. The molecule has 0 saturated carbocycles. The minimum Gasteiger partial charge on any atom is -0.309 e. The maximum absolute atomic E-state index is 12.6. The SMILES string of the molecule is Cc1cc(NC(=O)CNC(c2ccccc2)C(C)C)n(-c2ccccc2C)n1. The molecule has 0 fully saturated rings. The summed E-state index contributed by atoms with van der Waals surface area (Å²) in [5, 5.41) is 10.9. The fourth-order valence-electron chi connectivity index (χ4n) is 3.36. The third-order valence-electron chi connectivity index (χ3n) is 4.75. The molecule has 1 heterocycles. The number of carbonyl (C=O) groups excluding carboxylic acids is 1. The Labute approximate surface area is 166 Å². The molecule has 5 heteroatoms. The molecule has 0 aliphatic rings. The Balaban J connectivity index is 1.71. The third-order valence-corrected chi connectivity index (χ3v) is 4.75. The Morgan fingerprint density at radius 1 is 1.04 bits per heavy atom. The number of hydrogen-bond acceptors (Lipinski definition) is 3. The van der Waals surface area contributed by atoms with Crippen molar-refractivity contribution in [2.75, 3.05) is 11.9 Å². The monoisotopic (exact) mass is 376 g/mol. The summed E-state index contributed by atoms with van der Waals surface area (Å²) in [6.45, 7) is 8.49. The summed E-state index contributed by atoms with van der Waals surface area (Å²) >= 11 is 0. The van der Waals surface area contributed by atoms with Crippen LogP contribution in [0.3, 0.4) is 0 Å². The second-order valence-electron chi connectivity index (χ2n) is 7.43. The number of nitrogens with one attached hydrogen (secondary N) is 2. The molecule has 1 atom stereocenters. The van der Waals surface area contributed by atoms with Gasteiger partial charge >= 0.3 is 0 Å². The van der Waals surface area contributed by atoms with Crippen LogP contribution in [0.15, 0.2) is 60.7 Å². The average Bonchev–Trinajstić information content (AvgIpc) is 3.02. The van der Waals surface area contributed by atoms with Crippen molar-refractivity contribution in [3.05, 3.63) is 77.5 Å². The number of aryl methyl sites for hydroxylation is 2. The van der Waals surface area contributed by atoms with Crippen molar-refractivity contribution < 1.29 is 4.79 Å². The average molecular weight is 377 g/mol. The first kappa shape index (κ1) is 19.8. The Bertz CT molecular complexity index is 931. The van der Waals surface area contributed by atoms with Crippen molar-refractivity contribution in [1.82, 2.24) is 15.1 Å². The molecule has 1 unspecified atom stereocenters. The summed E-state index contributed by atoms with van der Waals surface area (Å²) in [4.78, 5) is 12.6. The molecule has 2 N–H and O–H groups in total. The molecule has 28 heavy (non-hydrogen) atoms. The van der Waals surface area contributed by atoms with Gasteiger partial charge in [0.05, 0.1) is 17.9 Å². The van der Waals surface area contributed by atoms with Crippen LogP contribution in [0.1, 0.15) is 36.7 Å².